The van der Waals surface area contributed by atoms with Crippen molar-refractivity contribution in [3.05, 3.63) is 59.2 Å². The molecule has 1 aliphatic carbocycles. The highest BCUT2D eigenvalue weighted by Gasteiger charge is 2.43. The number of hydrogen-bond acceptors (Lipinski definition) is 4. The van der Waals surface area contributed by atoms with E-state index in [1.54, 1.807) is 25.2 Å². The molecule has 2 aliphatic rings. The van der Waals surface area contributed by atoms with Crippen LogP contribution in [0.15, 0.2) is 42.5 Å². The zero-order valence-electron chi connectivity index (χ0n) is 17.1. The summed E-state index contributed by atoms with van der Waals surface area (Å²) in [4.78, 5) is 22.4. The van der Waals surface area contributed by atoms with Crippen molar-refractivity contribution in [2.45, 2.75) is 31.7 Å². The molecule has 1 atom stereocenters. The molecule has 2 aromatic carbocycles. The molecule has 0 saturated carbocycles. The lowest BCUT2D eigenvalue weighted by molar-refractivity contribution is -0.107. The molecule has 1 heterocycles. The van der Waals surface area contributed by atoms with Gasteiger partial charge in [-0.1, -0.05) is 36.4 Å². The van der Waals surface area contributed by atoms with E-state index < -0.39 is 5.92 Å². The second-order valence-corrected chi connectivity index (χ2v) is 7.24. The number of carbonyl (C=O) groups excluding carboxylic acids is 2. The predicted octanol–water partition coefficient (Wildman–Crippen LogP) is 4.12. The molecule has 2 aromatic rings. The number of fused-ring (bicyclic) bond motifs is 3. The number of likely N-dealkylation sites (N-methyl/N-ethyl adjacent to an activating group) is 1. The van der Waals surface area contributed by atoms with E-state index in [4.69, 9.17) is 0 Å². The summed E-state index contributed by atoms with van der Waals surface area (Å²) in [7, 11) is 3.92. The molecule has 0 bridgehead atoms. The molecule has 0 amide bonds. The molecule has 29 heavy (non-hydrogen) atoms. The normalized spacial score (nSPS) is 18.4. The molecule has 1 aliphatic heterocycles. The highest BCUT2D eigenvalue weighted by atomic mass is 19.3. The quantitative estimate of drug-likeness (QED) is 0.785. The summed E-state index contributed by atoms with van der Waals surface area (Å²) in [5.41, 5.74) is 1.37. The van der Waals surface area contributed by atoms with Gasteiger partial charge in [0.25, 0.3) is 5.92 Å². The SMILES string of the molecule is CC1CCCN1C.CNCC=O.O=Cc1ccc2c(c1)-c1ccccc1C2(F)F. The van der Waals surface area contributed by atoms with E-state index in [1.807, 2.05) is 0 Å². The summed E-state index contributed by atoms with van der Waals surface area (Å²) >= 11 is 0. The van der Waals surface area contributed by atoms with Crippen molar-refractivity contribution in [2.24, 2.45) is 0 Å². The average molecular weight is 402 g/mol. The lowest BCUT2D eigenvalue weighted by atomic mass is 10.0. The van der Waals surface area contributed by atoms with Crippen molar-refractivity contribution in [2.75, 3.05) is 27.2 Å². The van der Waals surface area contributed by atoms with E-state index >= 15 is 0 Å². The maximum atomic E-state index is 14.1. The minimum Gasteiger partial charge on any atom is -0.313 e. The van der Waals surface area contributed by atoms with Crippen molar-refractivity contribution >= 4 is 12.6 Å². The summed E-state index contributed by atoms with van der Waals surface area (Å²) in [6, 6.07) is 11.5. The maximum Gasteiger partial charge on any atom is 0.299 e. The van der Waals surface area contributed by atoms with E-state index in [2.05, 4.69) is 24.2 Å². The molecule has 0 spiro atoms. The minimum absolute atomic E-state index is 0.0121. The largest absolute Gasteiger partial charge is 0.313 e. The standard InChI is InChI=1S/C14H8F2O.C6H13N.C3H7NO/c15-14(16)12-4-2-1-3-10(12)11-7-9(8-17)5-6-13(11)14;1-6-4-3-5-7(6)2;1-4-2-3-5/h1-8H;6H,3-5H2,1-2H3;3-4H,2H2,1H3. The summed E-state index contributed by atoms with van der Waals surface area (Å²) in [6.45, 7) is 4.05. The molecule has 4 rings (SSSR count). The van der Waals surface area contributed by atoms with Gasteiger partial charge in [-0.2, -0.15) is 8.78 Å². The van der Waals surface area contributed by atoms with Gasteiger partial charge in [-0.05, 0) is 57.6 Å². The van der Waals surface area contributed by atoms with Crippen molar-refractivity contribution in [1.29, 1.82) is 0 Å². The monoisotopic (exact) mass is 402 g/mol. The second kappa shape index (κ2) is 10.4. The molecule has 1 saturated heterocycles. The number of halogens is 2. The fraction of sp³-hybridized carbons (Fsp3) is 0.391. The Kier molecular flexibility index (Phi) is 8.17. The first-order valence-electron chi connectivity index (χ1n) is 9.72. The first kappa shape index (κ1) is 22.8. The van der Waals surface area contributed by atoms with Crippen molar-refractivity contribution in [3.8, 4) is 11.1 Å². The first-order chi connectivity index (χ1) is 13.9. The maximum absolute atomic E-state index is 14.1. The van der Waals surface area contributed by atoms with E-state index in [9.17, 15) is 18.4 Å². The number of alkyl halides is 2. The lowest BCUT2D eigenvalue weighted by Crippen LogP contribution is -2.20. The van der Waals surface area contributed by atoms with Crippen LogP contribution in [0.2, 0.25) is 0 Å². The zero-order chi connectivity index (χ0) is 21.4. The molecule has 156 valence electrons. The predicted molar refractivity (Wildman–Crippen MR) is 112 cm³/mol. The number of nitrogens with zero attached hydrogens (tertiary/aromatic N) is 1. The summed E-state index contributed by atoms with van der Waals surface area (Å²) in [5, 5.41) is 2.65. The van der Waals surface area contributed by atoms with Gasteiger partial charge < -0.3 is 15.0 Å². The summed E-state index contributed by atoms with van der Waals surface area (Å²) < 4.78 is 28.2. The van der Waals surface area contributed by atoms with Gasteiger partial charge in [0.2, 0.25) is 0 Å². The van der Waals surface area contributed by atoms with Gasteiger partial charge >= 0.3 is 0 Å². The topological polar surface area (TPSA) is 49.4 Å². The van der Waals surface area contributed by atoms with Crippen molar-refractivity contribution in [3.63, 3.8) is 0 Å². The minimum atomic E-state index is -2.96. The van der Waals surface area contributed by atoms with Crippen LogP contribution in [0.5, 0.6) is 0 Å². The highest BCUT2D eigenvalue weighted by Crippen LogP contribution is 2.50. The van der Waals surface area contributed by atoms with Crippen molar-refractivity contribution in [1.82, 2.24) is 10.2 Å². The van der Waals surface area contributed by atoms with Gasteiger partial charge in [-0.3, -0.25) is 4.79 Å². The van der Waals surface area contributed by atoms with E-state index in [0.29, 0.717) is 29.5 Å². The molecule has 1 unspecified atom stereocenters. The van der Waals surface area contributed by atoms with E-state index in [-0.39, 0.29) is 11.1 Å². The van der Waals surface area contributed by atoms with Crippen LogP contribution in [0.25, 0.3) is 11.1 Å². The van der Waals surface area contributed by atoms with Crippen LogP contribution in [0.4, 0.5) is 8.78 Å². The Morgan fingerprint density at radius 1 is 1.14 bits per heavy atom. The number of aldehydes is 2. The third-order valence-electron chi connectivity index (χ3n) is 5.25. The van der Waals surface area contributed by atoms with E-state index in [1.165, 1.54) is 43.7 Å². The van der Waals surface area contributed by atoms with Crippen molar-refractivity contribution < 1.29 is 18.4 Å². The zero-order valence-corrected chi connectivity index (χ0v) is 17.1. The molecule has 1 fully saturated rings. The Bertz CT molecular complexity index is 831. The van der Waals surface area contributed by atoms with Gasteiger partial charge in [0.1, 0.15) is 12.6 Å². The van der Waals surface area contributed by atoms with Crippen LogP contribution in [0, 0.1) is 0 Å². The smallest absolute Gasteiger partial charge is 0.299 e. The fourth-order valence-corrected chi connectivity index (χ4v) is 3.43. The number of rotatable bonds is 3. The van der Waals surface area contributed by atoms with Crippen LogP contribution in [-0.2, 0) is 10.7 Å². The van der Waals surface area contributed by atoms with Crippen LogP contribution >= 0.6 is 0 Å². The molecular weight excluding hydrogens is 374 g/mol. The van der Waals surface area contributed by atoms with Gasteiger partial charge in [0.15, 0.2) is 0 Å². The Labute approximate surface area is 170 Å². The number of benzene rings is 2. The number of likely N-dealkylation sites (tertiary alicyclic amines) is 1. The van der Waals surface area contributed by atoms with Crippen LogP contribution in [0.1, 0.15) is 41.3 Å². The first-order valence-corrected chi connectivity index (χ1v) is 9.72. The fourth-order valence-electron chi connectivity index (χ4n) is 3.43. The van der Waals surface area contributed by atoms with Gasteiger partial charge in [-0.15, -0.1) is 0 Å². The summed E-state index contributed by atoms with van der Waals surface area (Å²) in [5.74, 6) is -2.96. The highest BCUT2D eigenvalue weighted by molar-refractivity contribution is 5.85. The average Bonchev–Trinajstić information content (AvgIpc) is 3.21. The van der Waals surface area contributed by atoms with Gasteiger partial charge in [0, 0.05) is 22.7 Å². The third kappa shape index (κ3) is 5.34. The van der Waals surface area contributed by atoms with Crippen LogP contribution in [-0.4, -0.2) is 50.7 Å². The molecule has 1 N–H and O–H groups in total. The molecule has 6 heteroatoms. The van der Waals surface area contributed by atoms with E-state index in [0.717, 1.165) is 12.3 Å². The Morgan fingerprint density at radius 3 is 2.31 bits per heavy atom. The second-order valence-electron chi connectivity index (χ2n) is 7.24. The summed E-state index contributed by atoms with van der Waals surface area (Å²) in [6.07, 6.45) is 4.29. The molecule has 0 aromatic heterocycles. The molecular formula is C23H28F2N2O2. The van der Waals surface area contributed by atoms with Gasteiger partial charge in [0.05, 0.1) is 6.54 Å². The molecule has 4 nitrogen and oxygen atoms in total. The lowest BCUT2D eigenvalue weighted by Gasteiger charge is -2.12. The third-order valence-corrected chi connectivity index (χ3v) is 5.25. The Morgan fingerprint density at radius 2 is 1.83 bits per heavy atom. The number of carbonyl (C=O) groups is 2. The molecule has 0 radical (unpaired) electrons. The number of nitrogens with one attached hydrogen (secondary N) is 1. The Balaban J connectivity index is 0.000000207. The van der Waals surface area contributed by atoms with Gasteiger partial charge in [-0.25, -0.2) is 0 Å². The van der Waals surface area contributed by atoms with Crippen LogP contribution in [0.3, 0.4) is 0 Å². The number of hydrogen-bond donors (Lipinski definition) is 1. The Hall–Kier alpha value is -2.44. The van der Waals surface area contributed by atoms with Crippen LogP contribution < -0.4 is 5.32 Å².